The molecule has 0 saturated heterocycles. The predicted molar refractivity (Wildman–Crippen MR) is 291 cm³/mol. The van der Waals surface area contributed by atoms with Gasteiger partial charge in [-0.15, -0.1) is 0 Å². The van der Waals surface area contributed by atoms with E-state index in [0.717, 1.165) is 83.5 Å². The molecule has 384 valence electrons. The minimum atomic E-state index is -0.828. The highest BCUT2D eigenvalue weighted by molar-refractivity contribution is 5.78. The molecule has 0 fully saturated rings. The van der Waals surface area contributed by atoms with Crippen LogP contribution in [-0.4, -0.2) is 46.9 Å². The summed E-state index contributed by atoms with van der Waals surface area (Å²) >= 11 is 0. The Morgan fingerprint density at radius 1 is 0.478 bits per heavy atom. The second-order valence-electron chi connectivity index (χ2n) is 18.6. The van der Waals surface area contributed by atoms with Crippen LogP contribution in [-0.2, 0) is 14.3 Å². The minimum absolute atomic E-state index is 0.0563. The number of carbonyl (C=O) groups is 2. The van der Waals surface area contributed by atoms with Crippen LogP contribution in [0.15, 0.2) is 97.2 Å². The first-order valence-corrected chi connectivity index (χ1v) is 28.0. The van der Waals surface area contributed by atoms with Crippen molar-refractivity contribution in [1.29, 1.82) is 0 Å². The van der Waals surface area contributed by atoms with Crippen LogP contribution >= 0.6 is 0 Å². The van der Waals surface area contributed by atoms with Gasteiger partial charge in [-0.3, -0.25) is 9.59 Å². The summed E-state index contributed by atoms with van der Waals surface area (Å²) in [6.45, 7) is 6.31. The van der Waals surface area contributed by atoms with Crippen LogP contribution < -0.4 is 5.32 Å². The van der Waals surface area contributed by atoms with Crippen LogP contribution in [0.4, 0.5) is 0 Å². The molecule has 0 spiro atoms. The summed E-state index contributed by atoms with van der Waals surface area (Å²) in [7, 11) is 0. The van der Waals surface area contributed by atoms with Gasteiger partial charge in [-0.25, -0.2) is 0 Å². The van der Waals surface area contributed by atoms with Crippen molar-refractivity contribution >= 4 is 11.9 Å². The molecule has 0 aliphatic carbocycles. The Balaban J connectivity index is 4.75. The van der Waals surface area contributed by atoms with Crippen LogP contribution in [0.5, 0.6) is 0 Å². The van der Waals surface area contributed by atoms with Gasteiger partial charge in [0.1, 0.15) is 6.10 Å². The van der Waals surface area contributed by atoms with Gasteiger partial charge in [0, 0.05) is 6.42 Å². The number of rotatable bonds is 49. The lowest BCUT2D eigenvalue weighted by Crippen LogP contribution is -2.46. The largest absolute Gasteiger partial charge is 0.458 e. The molecule has 3 unspecified atom stereocenters. The first-order valence-electron chi connectivity index (χ1n) is 28.0. The number of allylic oxidation sites excluding steroid dienone is 15. The number of unbranched alkanes of at least 4 members (excludes halogenated alkanes) is 24. The van der Waals surface area contributed by atoms with Crippen molar-refractivity contribution in [2.75, 3.05) is 6.61 Å². The fourth-order valence-corrected chi connectivity index (χ4v) is 7.95. The fourth-order valence-electron chi connectivity index (χ4n) is 7.95. The maximum absolute atomic E-state index is 13.2. The molecule has 6 nitrogen and oxygen atoms in total. The molecule has 0 aromatic rings. The number of hydrogen-bond acceptors (Lipinski definition) is 5. The third-order valence-electron chi connectivity index (χ3n) is 12.2. The van der Waals surface area contributed by atoms with Crippen molar-refractivity contribution in [2.45, 2.75) is 270 Å². The lowest BCUT2D eigenvalue weighted by Gasteiger charge is -2.23. The van der Waals surface area contributed by atoms with E-state index < -0.39 is 18.2 Å². The summed E-state index contributed by atoms with van der Waals surface area (Å²) in [4.78, 5) is 26.2. The van der Waals surface area contributed by atoms with Gasteiger partial charge in [0.2, 0.25) is 5.91 Å². The van der Waals surface area contributed by atoms with Gasteiger partial charge >= 0.3 is 5.97 Å². The Morgan fingerprint density at radius 2 is 0.866 bits per heavy atom. The fraction of sp³-hybridized carbons (Fsp3) is 0.705. The Morgan fingerprint density at radius 3 is 1.33 bits per heavy atom. The number of hydrogen-bond donors (Lipinski definition) is 3. The van der Waals surface area contributed by atoms with Gasteiger partial charge in [0.05, 0.1) is 25.2 Å². The van der Waals surface area contributed by atoms with E-state index in [1.807, 2.05) is 6.08 Å². The average molecular weight is 933 g/mol. The SMILES string of the molecule is CC/C=C\C/C=C\C/C=C\C/C=C\C/C=C\C/C=C\C(CC(=O)NC(CO)C(O)CCCCCCCCCCCCCCCCCC)OC(=O)CCCCCCCC/C=C/C=C/CCCCC. The molecule has 0 saturated carbocycles. The zero-order valence-electron chi connectivity index (χ0n) is 43.8. The highest BCUT2D eigenvalue weighted by atomic mass is 16.5. The zero-order chi connectivity index (χ0) is 48.8. The molecule has 3 atom stereocenters. The summed E-state index contributed by atoms with van der Waals surface area (Å²) in [5, 5.41) is 23.8. The Hall–Kier alpha value is -3.22. The number of ether oxygens (including phenoxy) is 1. The smallest absolute Gasteiger partial charge is 0.306 e. The van der Waals surface area contributed by atoms with E-state index >= 15 is 0 Å². The topological polar surface area (TPSA) is 95.9 Å². The van der Waals surface area contributed by atoms with Crippen molar-refractivity contribution in [1.82, 2.24) is 5.32 Å². The lowest BCUT2D eigenvalue weighted by atomic mass is 10.0. The molecular formula is C61H105NO5. The summed E-state index contributed by atoms with van der Waals surface area (Å²) in [5.41, 5.74) is 0. The van der Waals surface area contributed by atoms with E-state index in [0.29, 0.717) is 19.3 Å². The van der Waals surface area contributed by atoms with E-state index in [-0.39, 0.29) is 24.9 Å². The van der Waals surface area contributed by atoms with E-state index in [1.165, 1.54) is 122 Å². The molecule has 6 heteroatoms. The number of nitrogens with one attached hydrogen (secondary N) is 1. The van der Waals surface area contributed by atoms with Gasteiger partial charge in [-0.05, 0) is 83.1 Å². The number of esters is 1. The van der Waals surface area contributed by atoms with Crippen molar-refractivity contribution in [2.24, 2.45) is 0 Å². The summed E-state index contributed by atoms with van der Waals surface area (Å²) in [6.07, 6.45) is 72.1. The molecule has 0 rings (SSSR count). The second-order valence-corrected chi connectivity index (χ2v) is 18.6. The standard InChI is InChI=1S/C61H105NO5/c1-4-7-10-13-16-19-22-25-28-30-32-34-37-40-43-46-49-52-57(67-61(66)54-51-48-45-42-39-36-31-27-24-21-18-15-12-9-6-3)55-60(65)62-58(56-63)59(64)53-50-47-44-41-38-35-33-29-26-23-20-17-14-11-8-5-2/h7,10,16,18-19,21,24-25,27-28,32,34,40,43,49,52,57-59,63-64H,4-6,8-9,11-15,17,20,22-23,26,29-31,33,35-39,41-42,44-48,50-51,53-56H2,1-3H3,(H,62,65)/b10-7-,19-16-,21-18+,27-24+,28-25-,34-32-,43-40-,52-49-. The van der Waals surface area contributed by atoms with Crippen LogP contribution in [0.25, 0.3) is 0 Å². The normalized spacial score (nSPS) is 13.9. The van der Waals surface area contributed by atoms with Crippen LogP contribution in [0.2, 0.25) is 0 Å². The van der Waals surface area contributed by atoms with E-state index in [9.17, 15) is 19.8 Å². The van der Waals surface area contributed by atoms with Gasteiger partial charge in [-0.1, -0.05) is 253 Å². The van der Waals surface area contributed by atoms with Crippen molar-refractivity contribution < 1.29 is 24.5 Å². The van der Waals surface area contributed by atoms with Crippen molar-refractivity contribution in [3.8, 4) is 0 Å². The second kappa shape index (κ2) is 53.7. The molecule has 1 amide bonds. The van der Waals surface area contributed by atoms with E-state index in [2.05, 4.69) is 111 Å². The molecule has 0 aliphatic heterocycles. The molecule has 0 aromatic heterocycles. The maximum atomic E-state index is 13.2. The first kappa shape index (κ1) is 63.8. The summed E-state index contributed by atoms with van der Waals surface area (Å²) in [5.74, 6) is -0.646. The maximum Gasteiger partial charge on any atom is 0.306 e. The quantitative estimate of drug-likeness (QED) is 0.0244. The monoisotopic (exact) mass is 932 g/mol. The molecule has 3 N–H and O–H groups in total. The minimum Gasteiger partial charge on any atom is -0.458 e. The highest BCUT2D eigenvalue weighted by Gasteiger charge is 2.23. The number of aliphatic hydroxyl groups excluding tert-OH is 2. The molecule has 0 aliphatic rings. The van der Waals surface area contributed by atoms with Crippen molar-refractivity contribution in [3.63, 3.8) is 0 Å². The summed E-state index contributed by atoms with van der Waals surface area (Å²) in [6, 6.07) is -0.751. The number of amides is 1. The third-order valence-corrected chi connectivity index (χ3v) is 12.2. The highest BCUT2D eigenvalue weighted by Crippen LogP contribution is 2.16. The molecule has 0 radical (unpaired) electrons. The van der Waals surface area contributed by atoms with E-state index in [1.54, 1.807) is 6.08 Å². The molecule has 67 heavy (non-hydrogen) atoms. The molecule has 0 aromatic carbocycles. The zero-order valence-corrected chi connectivity index (χ0v) is 43.8. The average Bonchev–Trinajstić information content (AvgIpc) is 3.32. The van der Waals surface area contributed by atoms with Crippen LogP contribution in [0.3, 0.4) is 0 Å². The van der Waals surface area contributed by atoms with Gasteiger partial charge in [0.25, 0.3) is 0 Å². The predicted octanol–water partition coefficient (Wildman–Crippen LogP) is 17.3. The Labute approximate surface area is 414 Å². The summed E-state index contributed by atoms with van der Waals surface area (Å²) < 4.78 is 5.84. The van der Waals surface area contributed by atoms with Crippen molar-refractivity contribution in [3.05, 3.63) is 97.2 Å². The van der Waals surface area contributed by atoms with Crippen LogP contribution in [0, 0.1) is 0 Å². The van der Waals surface area contributed by atoms with Gasteiger partial charge in [0.15, 0.2) is 0 Å². The van der Waals surface area contributed by atoms with Gasteiger partial charge in [-0.2, -0.15) is 0 Å². The number of carbonyl (C=O) groups excluding carboxylic acids is 2. The van der Waals surface area contributed by atoms with E-state index in [4.69, 9.17) is 4.74 Å². The number of aliphatic hydroxyl groups is 2. The lowest BCUT2D eigenvalue weighted by molar-refractivity contribution is -0.148. The van der Waals surface area contributed by atoms with Gasteiger partial charge < -0.3 is 20.3 Å². The first-order chi connectivity index (χ1) is 33.0. The molecule has 0 bridgehead atoms. The molecule has 0 heterocycles. The molecular weight excluding hydrogens is 827 g/mol. The van der Waals surface area contributed by atoms with Crippen LogP contribution in [0.1, 0.15) is 252 Å². The Bertz CT molecular complexity index is 1320. The Kier molecular flexibility index (Phi) is 51.1. The third kappa shape index (κ3) is 49.0.